The van der Waals surface area contributed by atoms with E-state index in [1.54, 1.807) is 0 Å². The van der Waals surface area contributed by atoms with Crippen LogP contribution >= 0.6 is 0 Å². The number of dihydropyridines is 1. The molecular weight excluding hydrogens is 134 g/mol. The molecule has 1 aliphatic carbocycles. The highest BCUT2D eigenvalue weighted by molar-refractivity contribution is 5.81. The minimum Gasteiger partial charge on any atom is -0.286 e. The Balaban J connectivity index is 2.07. The molecule has 1 aliphatic heterocycles. The first kappa shape index (κ1) is 7.08. The first-order chi connectivity index (χ1) is 5.24. The molecule has 1 heterocycles. The SMILES string of the molecule is CCCC1=CC2CC2(C)N=C1. The molecule has 0 aromatic rings. The summed E-state index contributed by atoms with van der Waals surface area (Å²) in [7, 11) is 0. The zero-order chi connectivity index (χ0) is 7.90. The number of aliphatic imine (C=N–C) groups is 1. The van der Waals surface area contributed by atoms with Gasteiger partial charge >= 0.3 is 0 Å². The van der Waals surface area contributed by atoms with E-state index in [0.717, 1.165) is 5.92 Å². The predicted molar refractivity (Wildman–Crippen MR) is 48.0 cm³/mol. The number of hydrogen-bond acceptors (Lipinski definition) is 1. The highest BCUT2D eigenvalue weighted by atomic mass is 14.9. The zero-order valence-corrected chi connectivity index (χ0v) is 7.30. The van der Waals surface area contributed by atoms with E-state index in [4.69, 9.17) is 0 Å². The van der Waals surface area contributed by atoms with Crippen molar-refractivity contribution in [2.75, 3.05) is 0 Å². The Kier molecular flexibility index (Phi) is 1.41. The maximum Gasteiger partial charge on any atom is 0.0650 e. The standard InChI is InChI=1S/C10H15N/c1-3-4-8-5-9-6-10(9,2)11-7-8/h5,7,9H,3-4,6H2,1-2H3. The van der Waals surface area contributed by atoms with Crippen molar-refractivity contribution in [2.24, 2.45) is 10.9 Å². The Morgan fingerprint density at radius 3 is 3.18 bits per heavy atom. The van der Waals surface area contributed by atoms with E-state index >= 15 is 0 Å². The molecule has 0 N–H and O–H groups in total. The highest BCUT2D eigenvalue weighted by Gasteiger charge is 2.49. The van der Waals surface area contributed by atoms with Crippen molar-refractivity contribution in [1.82, 2.24) is 0 Å². The fraction of sp³-hybridized carbons (Fsp3) is 0.700. The molecule has 0 aromatic heterocycles. The predicted octanol–water partition coefficient (Wildman–Crippen LogP) is 2.58. The summed E-state index contributed by atoms with van der Waals surface area (Å²) in [5, 5.41) is 0. The van der Waals surface area contributed by atoms with E-state index in [-0.39, 0.29) is 0 Å². The first-order valence-corrected chi connectivity index (χ1v) is 4.50. The van der Waals surface area contributed by atoms with Crippen LogP contribution in [0, 0.1) is 5.92 Å². The van der Waals surface area contributed by atoms with Crippen LogP contribution in [-0.2, 0) is 0 Å². The summed E-state index contributed by atoms with van der Waals surface area (Å²) in [6, 6.07) is 0. The van der Waals surface area contributed by atoms with Gasteiger partial charge in [0.1, 0.15) is 0 Å². The average molecular weight is 149 g/mol. The van der Waals surface area contributed by atoms with Crippen LogP contribution in [0.1, 0.15) is 33.1 Å². The van der Waals surface area contributed by atoms with Gasteiger partial charge in [0.2, 0.25) is 0 Å². The number of rotatable bonds is 2. The molecule has 2 unspecified atom stereocenters. The van der Waals surface area contributed by atoms with Gasteiger partial charge in [0.05, 0.1) is 5.54 Å². The topological polar surface area (TPSA) is 12.4 Å². The van der Waals surface area contributed by atoms with E-state index in [1.165, 1.54) is 24.8 Å². The molecule has 11 heavy (non-hydrogen) atoms. The highest BCUT2D eigenvalue weighted by Crippen LogP contribution is 2.49. The van der Waals surface area contributed by atoms with E-state index in [0.29, 0.717) is 5.54 Å². The van der Waals surface area contributed by atoms with Gasteiger partial charge < -0.3 is 0 Å². The Morgan fingerprint density at radius 2 is 2.55 bits per heavy atom. The zero-order valence-electron chi connectivity index (χ0n) is 7.30. The Hall–Kier alpha value is -0.590. The minimum atomic E-state index is 0.317. The molecule has 1 heteroatoms. The molecule has 2 aliphatic rings. The van der Waals surface area contributed by atoms with Crippen LogP contribution in [0.2, 0.25) is 0 Å². The summed E-state index contributed by atoms with van der Waals surface area (Å²) in [6.07, 6.45) is 8.21. The van der Waals surface area contributed by atoms with Crippen molar-refractivity contribution in [3.8, 4) is 0 Å². The fourth-order valence-corrected chi connectivity index (χ4v) is 1.74. The summed E-state index contributed by atoms with van der Waals surface area (Å²) >= 11 is 0. The third-order valence-corrected chi connectivity index (χ3v) is 2.75. The van der Waals surface area contributed by atoms with Crippen LogP contribution in [0.3, 0.4) is 0 Å². The fourth-order valence-electron chi connectivity index (χ4n) is 1.74. The van der Waals surface area contributed by atoms with Gasteiger partial charge in [0.15, 0.2) is 0 Å². The molecule has 2 rings (SSSR count). The molecule has 0 saturated heterocycles. The van der Waals surface area contributed by atoms with Gasteiger partial charge in [-0.2, -0.15) is 0 Å². The lowest BCUT2D eigenvalue weighted by Gasteiger charge is -2.09. The molecule has 0 radical (unpaired) electrons. The van der Waals surface area contributed by atoms with Crippen LogP contribution in [0.15, 0.2) is 16.6 Å². The average Bonchev–Trinajstić information content (AvgIpc) is 2.61. The lowest BCUT2D eigenvalue weighted by atomic mass is 10.1. The lowest BCUT2D eigenvalue weighted by Crippen LogP contribution is -2.06. The molecule has 0 spiro atoms. The molecule has 1 fully saturated rings. The summed E-state index contributed by atoms with van der Waals surface area (Å²) in [5.74, 6) is 0.772. The van der Waals surface area contributed by atoms with Crippen molar-refractivity contribution in [3.05, 3.63) is 11.6 Å². The van der Waals surface area contributed by atoms with Crippen LogP contribution in [0.4, 0.5) is 0 Å². The van der Waals surface area contributed by atoms with Crippen LogP contribution in [0.25, 0.3) is 0 Å². The van der Waals surface area contributed by atoms with Crippen molar-refractivity contribution in [1.29, 1.82) is 0 Å². The van der Waals surface area contributed by atoms with Gasteiger partial charge in [-0.3, -0.25) is 4.99 Å². The van der Waals surface area contributed by atoms with Crippen molar-refractivity contribution >= 4 is 6.21 Å². The molecule has 0 aromatic carbocycles. The van der Waals surface area contributed by atoms with Crippen LogP contribution in [-0.4, -0.2) is 11.8 Å². The Labute approximate surface area is 68.2 Å². The lowest BCUT2D eigenvalue weighted by molar-refractivity contribution is 0.709. The normalized spacial score (nSPS) is 39.8. The van der Waals surface area contributed by atoms with Crippen LogP contribution < -0.4 is 0 Å². The summed E-state index contributed by atoms with van der Waals surface area (Å²) in [5.41, 5.74) is 1.77. The van der Waals surface area contributed by atoms with E-state index in [1.807, 2.05) is 0 Å². The maximum absolute atomic E-state index is 4.54. The maximum atomic E-state index is 4.54. The molecule has 1 saturated carbocycles. The van der Waals surface area contributed by atoms with Gasteiger partial charge in [0.25, 0.3) is 0 Å². The van der Waals surface area contributed by atoms with Gasteiger partial charge in [-0.05, 0) is 25.3 Å². The number of allylic oxidation sites excluding steroid dienone is 1. The smallest absolute Gasteiger partial charge is 0.0650 e. The molecular formula is C10H15N. The monoisotopic (exact) mass is 149 g/mol. The number of fused-ring (bicyclic) bond motifs is 1. The summed E-state index contributed by atoms with van der Waals surface area (Å²) in [6.45, 7) is 4.46. The number of nitrogens with zero attached hydrogens (tertiary/aromatic N) is 1. The van der Waals surface area contributed by atoms with Gasteiger partial charge in [0, 0.05) is 12.1 Å². The van der Waals surface area contributed by atoms with Crippen molar-refractivity contribution in [3.63, 3.8) is 0 Å². The second-order valence-corrected chi connectivity index (χ2v) is 3.92. The second-order valence-electron chi connectivity index (χ2n) is 3.92. The van der Waals surface area contributed by atoms with Gasteiger partial charge in [-0.25, -0.2) is 0 Å². The first-order valence-electron chi connectivity index (χ1n) is 4.50. The van der Waals surface area contributed by atoms with Gasteiger partial charge in [-0.15, -0.1) is 0 Å². The Bertz CT molecular complexity index is 227. The largest absolute Gasteiger partial charge is 0.286 e. The van der Waals surface area contributed by atoms with Crippen LogP contribution in [0.5, 0.6) is 0 Å². The molecule has 1 nitrogen and oxygen atoms in total. The molecule has 2 atom stereocenters. The summed E-state index contributed by atoms with van der Waals surface area (Å²) in [4.78, 5) is 4.54. The third kappa shape index (κ3) is 1.13. The third-order valence-electron chi connectivity index (χ3n) is 2.75. The molecule has 0 bridgehead atoms. The second kappa shape index (κ2) is 2.20. The molecule has 0 amide bonds. The van der Waals surface area contributed by atoms with E-state index in [9.17, 15) is 0 Å². The van der Waals surface area contributed by atoms with Crippen molar-refractivity contribution in [2.45, 2.75) is 38.6 Å². The Morgan fingerprint density at radius 1 is 1.73 bits per heavy atom. The van der Waals surface area contributed by atoms with E-state index < -0.39 is 0 Å². The molecule has 60 valence electrons. The number of hydrogen-bond donors (Lipinski definition) is 0. The summed E-state index contributed by atoms with van der Waals surface area (Å²) < 4.78 is 0. The van der Waals surface area contributed by atoms with Crippen molar-refractivity contribution < 1.29 is 0 Å². The minimum absolute atomic E-state index is 0.317. The van der Waals surface area contributed by atoms with E-state index in [2.05, 4.69) is 31.1 Å². The van der Waals surface area contributed by atoms with Gasteiger partial charge in [-0.1, -0.05) is 19.4 Å². The quantitative estimate of drug-likeness (QED) is 0.572.